The number of amides is 1. The molecule has 0 unspecified atom stereocenters. The van der Waals surface area contributed by atoms with Crippen molar-refractivity contribution in [2.24, 2.45) is 0 Å². The van der Waals surface area contributed by atoms with E-state index >= 15 is 0 Å². The minimum Gasteiger partial charge on any atom is -0.379 e. The third-order valence-corrected chi connectivity index (χ3v) is 6.04. The van der Waals surface area contributed by atoms with Crippen molar-refractivity contribution in [3.63, 3.8) is 0 Å². The van der Waals surface area contributed by atoms with Crippen molar-refractivity contribution in [3.05, 3.63) is 28.7 Å². The lowest BCUT2D eigenvalue weighted by molar-refractivity contribution is 0.0125. The van der Waals surface area contributed by atoms with Crippen LogP contribution in [0.2, 0.25) is 0 Å². The third-order valence-electron chi connectivity index (χ3n) is 5.28. The standard InChI is InChI=1S/C20H26N8O2S/c1-14-11-17(24-18(22-14)15-3-2-5-27(12-15)6-4-21)25-20-23-16(13-31-20)19(29)26-28-7-9-30-10-8-28/h11,13,15H,2-3,5-10,12H2,1H3,(H,26,29)(H,22,23,24,25)/t15-/m0/s1. The summed E-state index contributed by atoms with van der Waals surface area (Å²) in [5.41, 5.74) is 4.10. The Labute approximate surface area is 185 Å². The van der Waals surface area contributed by atoms with Crippen molar-refractivity contribution < 1.29 is 9.53 Å². The van der Waals surface area contributed by atoms with E-state index in [0.29, 0.717) is 49.5 Å². The van der Waals surface area contributed by atoms with Crippen LogP contribution in [0.5, 0.6) is 0 Å². The van der Waals surface area contributed by atoms with Gasteiger partial charge in [-0.2, -0.15) is 5.26 Å². The van der Waals surface area contributed by atoms with Crippen LogP contribution < -0.4 is 10.7 Å². The zero-order valence-electron chi connectivity index (χ0n) is 17.5. The summed E-state index contributed by atoms with van der Waals surface area (Å²) in [5, 5.41) is 16.4. The maximum atomic E-state index is 12.4. The Bertz CT molecular complexity index is 953. The van der Waals surface area contributed by atoms with E-state index in [4.69, 9.17) is 15.0 Å². The first kappa shape index (κ1) is 21.6. The fourth-order valence-corrected chi connectivity index (χ4v) is 4.47. The first-order valence-corrected chi connectivity index (χ1v) is 11.3. The molecule has 2 saturated heterocycles. The van der Waals surface area contributed by atoms with Crippen molar-refractivity contribution in [2.75, 3.05) is 51.3 Å². The molecule has 4 heterocycles. The van der Waals surface area contributed by atoms with E-state index in [1.807, 2.05) is 18.0 Å². The lowest BCUT2D eigenvalue weighted by Gasteiger charge is -2.30. The highest BCUT2D eigenvalue weighted by molar-refractivity contribution is 7.14. The molecule has 164 valence electrons. The van der Waals surface area contributed by atoms with E-state index in [2.05, 4.69) is 31.7 Å². The molecule has 2 aromatic heterocycles. The fraction of sp³-hybridized carbons (Fsp3) is 0.550. The highest BCUT2D eigenvalue weighted by Crippen LogP contribution is 2.27. The number of aromatic nitrogens is 3. The molecule has 4 rings (SSSR count). The van der Waals surface area contributed by atoms with Gasteiger partial charge in [-0.1, -0.05) is 0 Å². The Kier molecular flexibility index (Phi) is 7.03. The molecule has 0 aromatic carbocycles. The second-order valence-electron chi connectivity index (χ2n) is 7.69. The summed E-state index contributed by atoms with van der Waals surface area (Å²) in [4.78, 5) is 28.3. The highest BCUT2D eigenvalue weighted by Gasteiger charge is 2.24. The van der Waals surface area contributed by atoms with Gasteiger partial charge in [0, 0.05) is 42.7 Å². The van der Waals surface area contributed by atoms with Gasteiger partial charge in [-0.05, 0) is 26.3 Å². The van der Waals surface area contributed by atoms with Crippen LogP contribution in [0.15, 0.2) is 11.4 Å². The number of likely N-dealkylation sites (tertiary alicyclic amines) is 1. The summed E-state index contributed by atoms with van der Waals surface area (Å²) in [7, 11) is 0. The van der Waals surface area contributed by atoms with Crippen LogP contribution in [-0.4, -0.2) is 76.7 Å². The second kappa shape index (κ2) is 10.1. The highest BCUT2D eigenvalue weighted by atomic mass is 32.1. The van der Waals surface area contributed by atoms with Crippen LogP contribution in [0.3, 0.4) is 0 Å². The largest absolute Gasteiger partial charge is 0.379 e. The number of carbonyl (C=O) groups excluding carboxylic acids is 1. The van der Waals surface area contributed by atoms with Crippen LogP contribution in [0.4, 0.5) is 10.9 Å². The van der Waals surface area contributed by atoms with Gasteiger partial charge in [0.1, 0.15) is 17.3 Å². The molecule has 2 aliphatic heterocycles. The minimum atomic E-state index is -0.231. The van der Waals surface area contributed by atoms with Crippen LogP contribution in [0.25, 0.3) is 0 Å². The number of piperidine rings is 1. The number of aryl methyl sites for hydroxylation is 1. The molecular weight excluding hydrogens is 416 g/mol. The zero-order chi connectivity index (χ0) is 21.6. The molecule has 0 saturated carbocycles. The average Bonchev–Trinajstić information content (AvgIpc) is 3.23. The molecule has 0 aliphatic carbocycles. The SMILES string of the molecule is Cc1cc(Nc2nc(C(=O)NN3CCOCC3)cs2)nc([C@H]2CCCN(CC#N)C2)n1. The van der Waals surface area contributed by atoms with Gasteiger partial charge in [0.25, 0.3) is 5.91 Å². The molecular formula is C20H26N8O2S. The van der Waals surface area contributed by atoms with E-state index in [9.17, 15) is 4.79 Å². The van der Waals surface area contributed by atoms with Gasteiger partial charge in [-0.15, -0.1) is 11.3 Å². The third kappa shape index (κ3) is 5.74. The van der Waals surface area contributed by atoms with Crippen molar-refractivity contribution in [1.82, 2.24) is 30.3 Å². The number of nitriles is 1. The predicted octanol–water partition coefficient (Wildman–Crippen LogP) is 1.67. The van der Waals surface area contributed by atoms with Crippen molar-refractivity contribution >= 4 is 28.2 Å². The summed E-state index contributed by atoms with van der Waals surface area (Å²) < 4.78 is 5.29. The molecule has 31 heavy (non-hydrogen) atoms. The van der Waals surface area contributed by atoms with Gasteiger partial charge in [0.05, 0.1) is 25.8 Å². The Morgan fingerprint density at radius 2 is 2.16 bits per heavy atom. The van der Waals surface area contributed by atoms with Crippen LogP contribution in [-0.2, 0) is 4.74 Å². The lowest BCUT2D eigenvalue weighted by Crippen LogP contribution is -2.48. The van der Waals surface area contributed by atoms with Gasteiger partial charge in [0.2, 0.25) is 0 Å². The number of nitrogens with one attached hydrogen (secondary N) is 2. The number of carbonyl (C=O) groups is 1. The molecule has 2 N–H and O–H groups in total. The number of thiazole rings is 1. The first-order chi connectivity index (χ1) is 15.1. The van der Waals surface area contributed by atoms with Gasteiger partial charge in [-0.25, -0.2) is 20.0 Å². The monoisotopic (exact) mass is 442 g/mol. The number of hydrogen-bond donors (Lipinski definition) is 2. The predicted molar refractivity (Wildman–Crippen MR) is 116 cm³/mol. The number of nitrogens with zero attached hydrogens (tertiary/aromatic N) is 6. The maximum absolute atomic E-state index is 12.4. The normalized spacial score (nSPS) is 20.2. The lowest BCUT2D eigenvalue weighted by atomic mass is 9.97. The van der Waals surface area contributed by atoms with E-state index < -0.39 is 0 Å². The molecule has 11 heteroatoms. The van der Waals surface area contributed by atoms with Crippen LogP contribution in [0.1, 0.15) is 40.8 Å². The van der Waals surface area contributed by atoms with E-state index in [1.54, 1.807) is 5.38 Å². The molecule has 1 atom stereocenters. The van der Waals surface area contributed by atoms with Gasteiger partial charge in [0.15, 0.2) is 5.13 Å². The number of ether oxygens (including phenoxy) is 1. The van der Waals surface area contributed by atoms with E-state index in [0.717, 1.165) is 37.4 Å². The summed E-state index contributed by atoms with van der Waals surface area (Å²) in [6.45, 7) is 6.64. The van der Waals surface area contributed by atoms with Crippen molar-refractivity contribution in [1.29, 1.82) is 5.26 Å². The Balaban J connectivity index is 1.41. The van der Waals surface area contributed by atoms with Gasteiger partial charge >= 0.3 is 0 Å². The van der Waals surface area contributed by atoms with Crippen molar-refractivity contribution in [3.8, 4) is 6.07 Å². The zero-order valence-corrected chi connectivity index (χ0v) is 18.3. The maximum Gasteiger partial charge on any atom is 0.285 e. The summed E-state index contributed by atoms with van der Waals surface area (Å²) >= 11 is 1.36. The molecule has 2 fully saturated rings. The van der Waals surface area contributed by atoms with Crippen molar-refractivity contribution in [2.45, 2.75) is 25.7 Å². The molecule has 2 aliphatic rings. The molecule has 1 amide bonds. The second-order valence-corrected chi connectivity index (χ2v) is 8.55. The number of hydrazine groups is 1. The van der Waals surface area contributed by atoms with Crippen LogP contribution in [0, 0.1) is 18.3 Å². The minimum absolute atomic E-state index is 0.203. The fourth-order valence-electron chi connectivity index (χ4n) is 3.77. The number of anilines is 2. The molecule has 0 radical (unpaired) electrons. The molecule has 10 nitrogen and oxygen atoms in total. The van der Waals surface area contributed by atoms with E-state index in [-0.39, 0.29) is 11.8 Å². The Morgan fingerprint density at radius 3 is 2.97 bits per heavy atom. The number of hydrogen-bond acceptors (Lipinski definition) is 10. The Hall–Kier alpha value is -2.65. The summed E-state index contributed by atoms with van der Waals surface area (Å²) in [6, 6.07) is 4.10. The molecule has 0 bridgehead atoms. The quantitative estimate of drug-likeness (QED) is 0.644. The molecule has 2 aromatic rings. The summed E-state index contributed by atoms with van der Waals surface area (Å²) in [6.07, 6.45) is 2.04. The Morgan fingerprint density at radius 1 is 1.32 bits per heavy atom. The van der Waals surface area contributed by atoms with Gasteiger partial charge in [-0.3, -0.25) is 15.1 Å². The van der Waals surface area contributed by atoms with Gasteiger partial charge < -0.3 is 10.1 Å². The topological polar surface area (TPSA) is 119 Å². The molecule has 0 spiro atoms. The first-order valence-electron chi connectivity index (χ1n) is 10.4. The van der Waals surface area contributed by atoms with E-state index in [1.165, 1.54) is 11.3 Å². The summed E-state index contributed by atoms with van der Waals surface area (Å²) in [5.74, 6) is 1.42. The smallest absolute Gasteiger partial charge is 0.285 e. The number of rotatable bonds is 6. The number of morpholine rings is 1. The van der Waals surface area contributed by atoms with Crippen LogP contribution >= 0.6 is 11.3 Å². The average molecular weight is 443 g/mol.